The Hall–Kier alpha value is -1.53. The van der Waals surface area contributed by atoms with Crippen LogP contribution in [0.25, 0.3) is 11.1 Å². The minimum absolute atomic E-state index is 0. The molecular weight excluding hydrogens is 691 g/mol. The molecule has 0 heterocycles. The molecule has 3 heteroatoms. The SMILES string of the molecule is C/[C](c1ccccc1)=[Zr+2](\[C]1=CC(C2(C)CCCCC2)=CC1C)[c]1c(C)c(C(C)(C)C)cc2c1Cc1cc(C)c(C(C)(C)C)cc1-2.[Cl-].[Cl-]. The second kappa shape index (κ2) is 14.0. The maximum absolute atomic E-state index is 2.76. The van der Waals surface area contributed by atoms with Crippen LogP contribution in [0.15, 0.2) is 69.5 Å². The molecule has 0 aliphatic heterocycles. The summed E-state index contributed by atoms with van der Waals surface area (Å²) in [6, 6.07) is 19.1. The first-order valence-electron chi connectivity index (χ1n) is 17.6. The smallest absolute Gasteiger partial charge is 1.00 e. The van der Waals surface area contributed by atoms with Gasteiger partial charge in [0.1, 0.15) is 0 Å². The second-order valence-corrected chi connectivity index (χ2v) is 23.3. The summed E-state index contributed by atoms with van der Waals surface area (Å²) < 4.78 is 5.24. The molecule has 1 unspecified atom stereocenters. The molecule has 3 aliphatic carbocycles. The molecule has 0 nitrogen and oxygen atoms in total. The molecule has 0 spiro atoms. The molecule has 47 heavy (non-hydrogen) atoms. The maximum Gasteiger partial charge on any atom is -1.00 e. The third kappa shape index (κ3) is 7.08. The van der Waals surface area contributed by atoms with Crippen molar-refractivity contribution in [3.63, 3.8) is 0 Å². The number of allylic oxidation sites excluding steroid dienone is 4. The largest absolute Gasteiger partial charge is 1.00 e. The van der Waals surface area contributed by atoms with Gasteiger partial charge in [0.05, 0.1) is 0 Å². The maximum atomic E-state index is 2.76. The molecule has 3 aromatic rings. The predicted octanol–water partition coefficient (Wildman–Crippen LogP) is 5.39. The van der Waals surface area contributed by atoms with Crippen LogP contribution in [0.5, 0.6) is 0 Å². The van der Waals surface area contributed by atoms with Gasteiger partial charge >= 0.3 is 284 Å². The van der Waals surface area contributed by atoms with Crippen LogP contribution < -0.4 is 28.1 Å². The number of rotatable bonds is 4. The Kier molecular flexibility index (Phi) is 11.4. The summed E-state index contributed by atoms with van der Waals surface area (Å²) in [6.45, 7) is 26.8. The summed E-state index contributed by atoms with van der Waals surface area (Å²) in [4.78, 5) is 0. The zero-order valence-corrected chi connectivity index (χ0v) is 34.8. The summed E-state index contributed by atoms with van der Waals surface area (Å²) in [5.74, 6) is 0.513. The predicted molar refractivity (Wildman–Crippen MR) is 194 cm³/mol. The molecule has 0 saturated heterocycles. The van der Waals surface area contributed by atoms with E-state index in [1.807, 2.05) is 0 Å². The minimum atomic E-state index is -2.64. The van der Waals surface area contributed by atoms with Gasteiger partial charge in [-0.2, -0.15) is 0 Å². The van der Waals surface area contributed by atoms with Gasteiger partial charge < -0.3 is 24.8 Å². The Bertz CT molecular complexity index is 1750. The normalized spacial score (nSPS) is 18.7. The van der Waals surface area contributed by atoms with Crippen molar-refractivity contribution in [2.75, 3.05) is 0 Å². The van der Waals surface area contributed by atoms with E-state index < -0.39 is 21.3 Å². The van der Waals surface area contributed by atoms with Gasteiger partial charge in [-0.05, 0) is 0 Å². The van der Waals surface area contributed by atoms with Crippen LogP contribution in [0.4, 0.5) is 0 Å². The van der Waals surface area contributed by atoms with Crippen molar-refractivity contribution in [1.82, 2.24) is 0 Å². The van der Waals surface area contributed by atoms with E-state index >= 15 is 0 Å². The summed E-state index contributed by atoms with van der Waals surface area (Å²) in [6.07, 6.45) is 13.4. The number of fused-ring (bicyclic) bond motifs is 3. The van der Waals surface area contributed by atoms with E-state index in [0.717, 1.165) is 6.42 Å². The topological polar surface area (TPSA) is 0 Å². The fourth-order valence-corrected chi connectivity index (χ4v) is 17.3. The number of halogens is 2. The first-order valence-corrected chi connectivity index (χ1v) is 21.3. The van der Waals surface area contributed by atoms with E-state index in [9.17, 15) is 0 Å². The van der Waals surface area contributed by atoms with Crippen LogP contribution in [0.1, 0.15) is 133 Å². The Morgan fingerprint density at radius 2 is 1.40 bits per heavy atom. The van der Waals surface area contributed by atoms with Crippen LogP contribution in [-0.2, 0) is 38.5 Å². The molecule has 1 fully saturated rings. The van der Waals surface area contributed by atoms with Crippen LogP contribution >= 0.6 is 0 Å². The van der Waals surface area contributed by atoms with Gasteiger partial charge in [-0.3, -0.25) is 0 Å². The molecule has 0 amide bonds. The minimum Gasteiger partial charge on any atom is -1.00 e. The molecule has 1 saturated carbocycles. The van der Waals surface area contributed by atoms with Crippen molar-refractivity contribution in [2.24, 2.45) is 11.3 Å². The number of hydrogen-bond donors (Lipinski definition) is 0. The van der Waals surface area contributed by atoms with Gasteiger partial charge in [0.2, 0.25) is 0 Å². The Labute approximate surface area is 306 Å². The van der Waals surface area contributed by atoms with Gasteiger partial charge in [-0.25, -0.2) is 0 Å². The van der Waals surface area contributed by atoms with Gasteiger partial charge in [0, 0.05) is 0 Å². The van der Waals surface area contributed by atoms with Crippen molar-refractivity contribution in [2.45, 2.75) is 126 Å². The van der Waals surface area contributed by atoms with E-state index in [0.29, 0.717) is 11.3 Å². The zero-order valence-electron chi connectivity index (χ0n) is 30.8. The van der Waals surface area contributed by atoms with Gasteiger partial charge in [0.25, 0.3) is 0 Å². The first-order chi connectivity index (χ1) is 21.1. The first kappa shape index (κ1) is 38.3. The van der Waals surface area contributed by atoms with E-state index in [1.165, 1.54) is 65.5 Å². The van der Waals surface area contributed by atoms with Crippen LogP contribution in [0, 0.1) is 25.2 Å². The molecular formula is C44H56Cl2Zr. The summed E-state index contributed by atoms with van der Waals surface area (Å²) in [5, 5.41) is 0. The average molecular weight is 747 g/mol. The Morgan fingerprint density at radius 3 is 2.00 bits per heavy atom. The van der Waals surface area contributed by atoms with Crippen molar-refractivity contribution < 1.29 is 46.1 Å². The Morgan fingerprint density at radius 1 is 0.809 bits per heavy atom. The molecule has 250 valence electrons. The molecule has 3 aliphatic rings. The number of aryl methyl sites for hydroxylation is 1. The molecule has 6 rings (SSSR count). The molecule has 0 radical (unpaired) electrons. The third-order valence-corrected chi connectivity index (χ3v) is 19.8. The van der Waals surface area contributed by atoms with Crippen LogP contribution in [0.3, 0.4) is 0 Å². The van der Waals surface area contributed by atoms with Gasteiger partial charge in [0.15, 0.2) is 0 Å². The summed E-state index contributed by atoms with van der Waals surface area (Å²) in [7, 11) is 0. The van der Waals surface area contributed by atoms with Gasteiger partial charge in [-0.1, -0.05) is 0 Å². The van der Waals surface area contributed by atoms with Crippen molar-refractivity contribution in [3.05, 3.63) is 108 Å². The van der Waals surface area contributed by atoms with E-state index in [1.54, 1.807) is 32.0 Å². The molecule has 0 bridgehead atoms. The van der Waals surface area contributed by atoms with Crippen LogP contribution in [0.2, 0.25) is 0 Å². The summed E-state index contributed by atoms with van der Waals surface area (Å²) >= 11 is -2.64. The fraction of sp³-hybridized carbons (Fsp3) is 0.477. The molecule has 3 aromatic carbocycles. The average Bonchev–Trinajstić information content (AvgIpc) is 3.53. The van der Waals surface area contributed by atoms with E-state index in [2.05, 4.69) is 137 Å². The van der Waals surface area contributed by atoms with Crippen LogP contribution in [-0.4, -0.2) is 3.21 Å². The van der Waals surface area contributed by atoms with Crippen molar-refractivity contribution in [1.29, 1.82) is 0 Å². The molecule has 1 atom stereocenters. The third-order valence-electron chi connectivity index (χ3n) is 11.4. The monoisotopic (exact) mass is 744 g/mol. The van der Waals surface area contributed by atoms with E-state index in [-0.39, 0.29) is 35.6 Å². The van der Waals surface area contributed by atoms with E-state index in [4.69, 9.17) is 0 Å². The van der Waals surface area contributed by atoms with Crippen molar-refractivity contribution in [3.8, 4) is 11.1 Å². The fourth-order valence-electron chi connectivity index (χ4n) is 8.92. The molecule has 0 aromatic heterocycles. The molecule has 0 N–H and O–H groups in total. The number of benzene rings is 3. The summed E-state index contributed by atoms with van der Waals surface area (Å²) in [5.41, 5.74) is 15.9. The zero-order chi connectivity index (χ0) is 32.5. The Balaban J connectivity index is 0.00000250. The van der Waals surface area contributed by atoms with Crippen molar-refractivity contribution >= 4 is 6.48 Å². The van der Waals surface area contributed by atoms with Gasteiger partial charge in [-0.15, -0.1) is 0 Å². The quantitative estimate of drug-likeness (QED) is 0.263. The number of hydrogen-bond acceptors (Lipinski definition) is 0. The second-order valence-electron chi connectivity index (χ2n) is 16.9. The standard InChI is InChI=1S/C23H29.C13H19.C8H8.2ClH.Zr/c1-14-9-16-11-17-10-15(2)21(23(6,7)8)13-19(17)18(16)12-20(14)22(3,4)5;1-11-6-7-12(10-11)13(2)8-4-3-5-9-13;1-2-8-6-4-3-5-7-8;;;/h9,12-13H,11H2,1-8H3;7,10-11H,3-5,8-9H2,1-2H3;3-7H,1H3;2*1H;/q;;;;;+2/p-2.